The highest BCUT2D eigenvalue weighted by atomic mass is 16.2. The fourth-order valence-corrected chi connectivity index (χ4v) is 3.55. The first-order valence-electron chi connectivity index (χ1n) is 7.94. The maximum absolute atomic E-state index is 12.7. The van der Waals surface area contributed by atoms with Crippen molar-refractivity contribution in [1.29, 1.82) is 0 Å². The monoisotopic (exact) mass is 280 g/mol. The molecule has 3 unspecified atom stereocenters. The Hall–Kier alpha value is -1.06. The van der Waals surface area contributed by atoms with Gasteiger partial charge >= 0.3 is 0 Å². The van der Waals surface area contributed by atoms with E-state index < -0.39 is 0 Å². The number of nitrogens with one attached hydrogen (secondary N) is 1. The van der Waals surface area contributed by atoms with Crippen molar-refractivity contribution in [1.82, 2.24) is 10.2 Å². The Labute approximate surface area is 122 Å². The molecule has 0 spiro atoms. The second kappa shape index (κ2) is 5.74. The van der Waals surface area contributed by atoms with Gasteiger partial charge in [-0.2, -0.15) is 0 Å². The van der Waals surface area contributed by atoms with Crippen molar-refractivity contribution in [3.05, 3.63) is 0 Å². The number of hydrogen-bond donors (Lipinski definition) is 1. The van der Waals surface area contributed by atoms with Crippen LogP contribution in [0.1, 0.15) is 59.8 Å². The summed E-state index contributed by atoms with van der Waals surface area (Å²) in [7, 11) is 0. The van der Waals surface area contributed by atoms with Gasteiger partial charge in [-0.15, -0.1) is 0 Å². The minimum absolute atomic E-state index is 0.00159. The van der Waals surface area contributed by atoms with Gasteiger partial charge in [0.05, 0.1) is 6.54 Å². The Bertz CT molecular complexity index is 392. The van der Waals surface area contributed by atoms with Crippen LogP contribution in [0.3, 0.4) is 0 Å². The topological polar surface area (TPSA) is 49.4 Å². The van der Waals surface area contributed by atoms with Crippen molar-refractivity contribution in [2.45, 2.75) is 71.9 Å². The average molecular weight is 280 g/mol. The van der Waals surface area contributed by atoms with Gasteiger partial charge in [0.15, 0.2) is 0 Å². The Morgan fingerprint density at radius 2 is 2.10 bits per heavy atom. The van der Waals surface area contributed by atoms with Gasteiger partial charge in [-0.1, -0.05) is 40.5 Å². The molecule has 0 aromatic heterocycles. The van der Waals surface area contributed by atoms with E-state index >= 15 is 0 Å². The van der Waals surface area contributed by atoms with Gasteiger partial charge in [0.2, 0.25) is 11.8 Å². The average Bonchev–Trinajstić information content (AvgIpc) is 2.39. The molecular weight excluding hydrogens is 252 g/mol. The molecule has 1 aliphatic carbocycles. The molecule has 1 saturated heterocycles. The SMILES string of the molecule is CCC(C)C1NC(=O)CN(C2CCCC(C)(C)C2)C1=O. The normalized spacial score (nSPS) is 31.9. The lowest BCUT2D eigenvalue weighted by Gasteiger charge is -2.44. The van der Waals surface area contributed by atoms with E-state index in [0.717, 1.165) is 25.7 Å². The molecule has 2 aliphatic rings. The lowest BCUT2D eigenvalue weighted by atomic mass is 9.74. The summed E-state index contributed by atoms with van der Waals surface area (Å²) in [4.78, 5) is 26.5. The molecule has 1 aliphatic heterocycles. The highest BCUT2D eigenvalue weighted by Crippen LogP contribution is 2.38. The number of nitrogens with zero attached hydrogens (tertiary/aromatic N) is 1. The molecule has 0 aromatic carbocycles. The molecule has 1 N–H and O–H groups in total. The van der Waals surface area contributed by atoms with Crippen molar-refractivity contribution >= 4 is 11.8 Å². The van der Waals surface area contributed by atoms with E-state index in [1.165, 1.54) is 6.42 Å². The second-order valence-electron chi connectivity index (χ2n) is 7.31. The third-order valence-corrected chi connectivity index (χ3v) is 5.01. The van der Waals surface area contributed by atoms with Crippen LogP contribution >= 0.6 is 0 Å². The Balaban J connectivity index is 2.13. The van der Waals surface area contributed by atoms with Gasteiger partial charge in [-0.25, -0.2) is 0 Å². The standard InChI is InChI=1S/C16H28N2O2/c1-5-11(2)14-15(20)18(10-13(19)17-14)12-7-6-8-16(3,4)9-12/h11-12,14H,5-10H2,1-4H3,(H,17,19). The smallest absolute Gasteiger partial charge is 0.246 e. The molecule has 0 aromatic rings. The van der Waals surface area contributed by atoms with Crippen molar-refractivity contribution in [2.24, 2.45) is 11.3 Å². The van der Waals surface area contributed by atoms with Crippen LogP contribution in [-0.2, 0) is 9.59 Å². The quantitative estimate of drug-likeness (QED) is 0.862. The summed E-state index contributed by atoms with van der Waals surface area (Å²) in [5.41, 5.74) is 0.281. The van der Waals surface area contributed by atoms with Crippen LogP contribution in [0.2, 0.25) is 0 Å². The van der Waals surface area contributed by atoms with E-state index in [9.17, 15) is 9.59 Å². The van der Waals surface area contributed by atoms with E-state index in [1.807, 2.05) is 11.8 Å². The summed E-state index contributed by atoms with van der Waals surface area (Å²) in [6, 6.07) is -0.0878. The molecule has 2 rings (SSSR count). The number of amides is 2. The van der Waals surface area contributed by atoms with E-state index in [0.29, 0.717) is 0 Å². The lowest BCUT2D eigenvalue weighted by Crippen LogP contribution is -2.63. The molecule has 2 fully saturated rings. The van der Waals surface area contributed by atoms with E-state index in [2.05, 4.69) is 26.1 Å². The Morgan fingerprint density at radius 1 is 1.40 bits per heavy atom. The van der Waals surface area contributed by atoms with Crippen LogP contribution in [0.4, 0.5) is 0 Å². The number of carbonyl (C=O) groups is 2. The minimum Gasteiger partial charge on any atom is -0.342 e. The van der Waals surface area contributed by atoms with Gasteiger partial charge in [-0.05, 0) is 30.6 Å². The summed E-state index contributed by atoms with van der Waals surface area (Å²) in [6.07, 6.45) is 5.32. The first-order valence-corrected chi connectivity index (χ1v) is 7.94. The molecular formula is C16H28N2O2. The van der Waals surface area contributed by atoms with Crippen LogP contribution in [0.5, 0.6) is 0 Å². The second-order valence-corrected chi connectivity index (χ2v) is 7.31. The maximum Gasteiger partial charge on any atom is 0.246 e. The lowest BCUT2D eigenvalue weighted by molar-refractivity contribution is -0.149. The van der Waals surface area contributed by atoms with Gasteiger partial charge in [0.1, 0.15) is 6.04 Å². The first kappa shape index (κ1) is 15.3. The maximum atomic E-state index is 12.7. The van der Waals surface area contributed by atoms with E-state index in [4.69, 9.17) is 0 Å². The number of hydrogen-bond acceptors (Lipinski definition) is 2. The van der Waals surface area contributed by atoms with Crippen molar-refractivity contribution < 1.29 is 9.59 Å². The van der Waals surface area contributed by atoms with Crippen LogP contribution in [0.25, 0.3) is 0 Å². The van der Waals surface area contributed by atoms with Gasteiger partial charge in [0, 0.05) is 6.04 Å². The van der Waals surface area contributed by atoms with Crippen molar-refractivity contribution in [2.75, 3.05) is 6.54 Å². The van der Waals surface area contributed by atoms with Crippen molar-refractivity contribution in [3.63, 3.8) is 0 Å². The molecule has 3 atom stereocenters. The molecule has 4 heteroatoms. The van der Waals surface area contributed by atoms with Crippen LogP contribution in [-0.4, -0.2) is 35.3 Å². The van der Waals surface area contributed by atoms with Gasteiger partial charge < -0.3 is 10.2 Å². The van der Waals surface area contributed by atoms with Crippen molar-refractivity contribution in [3.8, 4) is 0 Å². The Kier molecular flexibility index (Phi) is 4.40. The molecule has 20 heavy (non-hydrogen) atoms. The third-order valence-electron chi connectivity index (χ3n) is 5.01. The summed E-state index contributed by atoms with van der Waals surface area (Å²) >= 11 is 0. The third kappa shape index (κ3) is 3.15. The van der Waals surface area contributed by atoms with Crippen LogP contribution in [0.15, 0.2) is 0 Å². The largest absolute Gasteiger partial charge is 0.342 e. The number of rotatable bonds is 3. The molecule has 2 amide bonds. The summed E-state index contributed by atoms with van der Waals surface area (Å²) in [5.74, 6) is 0.325. The molecule has 4 nitrogen and oxygen atoms in total. The molecule has 0 radical (unpaired) electrons. The molecule has 114 valence electrons. The predicted molar refractivity (Wildman–Crippen MR) is 79.1 cm³/mol. The first-order chi connectivity index (χ1) is 9.34. The number of piperazine rings is 1. The van der Waals surface area contributed by atoms with Crippen LogP contribution < -0.4 is 5.32 Å². The van der Waals surface area contributed by atoms with Gasteiger partial charge in [0.25, 0.3) is 0 Å². The van der Waals surface area contributed by atoms with Crippen LogP contribution in [0, 0.1) is 11.3 Å². The highest BCUT2D eigenvalue weighted by Gasteiger charge is 2.41. The fraction of sp³-hybridized carbons (Fsp3) is 0.875. The zero-order valence-corrected chi connectivity index (χ0v) is 13.2. The van der Waals surface area contributed by atoms with Gasteiger partial charge in [-0.3, -0.25) is 9.59 Å². The number of carbonyl (C=O) groups excluding carboxylic acids is 2. The molecule has 0 bridgehead atoms. The minimum atomic E-state index is -0.328. The zero-order chi connectivity index (χ0) is 14.9. The van der Waals surface area contributed by atoms with E-state index in [-0.39, 0.29) is 41.8 Å². The van der Waals surface area contributed by atoms with E-state index in [1.54, 1.807) is 0 Å². The predicted octanol–water partition coefficient (Wildman–Crippen LogP) is 2.33. The molecule has 1 heterocycles. The fourth-order valence-electron chi connectivity index (χ4n) is 3.55. The summed E-state index contributed by atoms with van der Waals surface area (Å²) < 4.78 is 0. The molecule has 1 saturated carbocycles. The summed E-state index contributed by atoms with van der Waals surface area (Å²) in [6.45, 7) is 8.87. The zero-order valence-electron chi connectivity index (χ0n) is 13.2. The highest BCUT2D eigenvalue weighted by molar-refractivity contribution is 5.95. The summed E-state index contributed by atoms with van der Waals surface area (Å²) in [5, 5.41) is 2.88. The Morgan fingerprint density at radius 3 is 2.70 bits per heavy atom.